The van der Waals surface area contributed by atoms with Crippen molar-refractivity contribution in [1.29, 1.82) is 0 Å². The molecule has 0 heterocycles. The fraction of sp³-hybridized carbons (Fsp3) is 0.208. The minimum atomic E-state index is -4.05. The van der Waals surface area contributed by atoms with E-state index >= 15 is 0 Å². The summed E-state index contributed by atoms with van der Waals surface area (Å²) < 4.78 is 43.9. The van der Waals surface area contributed by atoms with E-state index in [0.717, 1.165) is 9.87 Å². The standard InChI is InChI=1S/C24H26N2O6S/c1-30-21-12-8-7-11-20(21)25-24(27)17-26(16-18-9-5-4-6-10-18)33(28,29)19-13-14-22(31-2)23(15-19)32-3/h4-15H,16-17H2,1-3H3,(H,25,27). The number of benzene rings is 3. The van der Waals surface area contributed by atoms with Crippen molar-refractivity contribution in [2.75, 3.05) is 33.2 Å². The van der Waals surface area contributed by atoms with Gasteiger partial charge in [-0.3, -0.25) is 4.79 Å². The summed E-state index contributed by atoms with van der Waals surface area (Å²) >= 11 is 0. The number of carbonyl (C=O) groups is 1. The molecule has 0 spiro atoms. The fourth-order valence-corrected chi connectivity index (χ4v) is 4.64. The molecule has 3 rings (SSSR count). The first kappa shape index (κ1) is 24.1. The Morgan fingerprint density at radius 1 is 0.818 bits per heavy atom. The average molecular weight is 471 g/mol. The number of sulfonamides is 1. The molecule has 0 aliphatic heterocycles. The van der Waals surface area contributed by atoms with Crippen LogP contribution in [0.1, 0.15) is 5.56 Å². The summed E-state index contributed by atoms with van der Waals surface area (Å²) in [6.07, 6.45) is 0. The van der Waals surface area contributed by atoms with Crippen molar-refractivity contribution in [2.24, 2.45) is 0 Å². The third-order valence-electron chi connectivity index (χ3n) is 4.90. The smallest absolute Gasteiger partial charge is 0.243 e. The van der Waals surface area contributed by atoms with Crippen LogP contribution in [-0.4, -0.2) is 46.5 Å². The zero-order valence-corrected chi connectivity index (χ0v) is 19.5. The van der Waals surface area contributed by atoms with Gasteiger partial charge < -0.3 is 19.5 Å². The summed E-state index contributed by atoms with van der Waals surface area (Å²) in [4.78, 5) is 12.9. The molecule has 0 aliphatic rings. The van der Waals surface area contributed by atoms with Gasteiger partial charge in [-0.1, -0.05) is 42.5 Å². The van der Waals surface area contributed by atoms with Gasteiger partial charge >= 0.3 is 0 Å². The van der Waals surface area contributed by atoms with E-state index < -0.39 is 22.5 Å². The third kappa shape index (κ3) is 5.82. The average Bonchev–Trinajstić information content (AvgIpc) is 2.84. The Balaban J connectivity index is 1.93. The first-order valence-electron chi connectivity index (χ1n) is 10.1. The Morgan fingerprint density at radius 3 is 2.12 bits per heavy atom. The number of nitrogens with zero attached hydrogens (tertiary/aromatic N) is 1. The molecule has 0 fully saturated rings. The lowest BCUT2D eigenvalue weighted by Gasteiger charge is -2.23. The normalized spacial score (nSPS) is 11.2. The van der Waals surface area contributed by atoms with Gasteiger partial charge in [0.25, 0.3) is 0 Å². The Bertz CT molecular complexity index is 1200. The Hall–Kier alpha value is -3.56. The van der Waals surface area contributed by atoms with Crippen LogP contribution in [0.5, 0.6) is 17.2 Å². The second-order valence-corrected chi connectivity index (χ2v) is 8.96. The topological polar surface area (TPSA) is 94.2 Å². The molecular weight excluding hydrogens is 444 g/mol. The zero-order valence-electron chi connectivity index (χ0n) is 18.6. The van der Waals surface area contributed by atoms with E-state index in [1.54, 1.807) is 36.4 Å². The molecule has 9 heteroatoms. The van der Waals surface area contributed by atoms with Gasteiger partial charge in [0.1, 0.15) is 5.75 Å². The summed E-state index contributed by atoms with van der Waals surface area (Å²) in [5, 5.41) is 2.73. The second-order valence-electron chi connectivity index (χ2n) is 7.02. The van der Waals surface area contributed by atoms with Gasteiger partial charge in [-0.2, -0.15) is 4.31 Å². The van der Waals surface area contributed by atoms with Crippen molar-refractivity contribution in [1.82, 2.24) is 4.31 Å². The van der Waals surface area contributed by atoms with Gasteiger partial charge in [0.2, 0.25) is 15.9 Å². The van der Waals surface area contributed by atoms with Crippen molar-refractivity contribution in [2.45, 2.75) is 11.4 Å². The van der Waals surface area contributed by atoms with Gasteiger partial charge in [-0.15, -0.1) is 0 Å². The number of rotatable bonds is 10. The maximum absolute atomic E-state index is 13.5. The summed E-state index contributed by atoms with van der Waals surface area (Å²) in [6.45, 7) is -0.388. The maximum Gasteiger partial charge on any atom is 0.243 e. The molecule has 8 nitrogen and oxygen atoms in total. The molecule has 0 radical (unpaired) electrons. The van der Waals surface area contributed by atoms with Crippen LogP contribution in [0.15, 0.2) is 77.7 Å². The highest BCUT2D eigenvalue weighted by Gasteiger charge is 2.28. The largest absolute Gasteiger partial charge is 0.495 e. The highest BCUT2D eigenvalue weighted by molar-refractivity contribution is 7.89. The number of ether oxygens (including phenoxy) is 3. The highest BCUT2D eigenvalue weighted by atomic mass is 32.2. The molecule has 0 atom stereocenters. The zero-order chi connectivity index (χ0) is 23.8. The van der Waals surface area contributed by atoms with Crippen molar-refractivity contribution in [3.05, 3.63) is 78.4 Å². The lowest BCUT2D eigenvalue weighted by Crippen LogP contribution is -2.37. The predicted molar refractivity (Wildman–Crippen MR) is 125 cm³/mol. The Morgan fingerprint density at radius 2 is 1.45 bits per heavy atom. The van der Waals surface area contributed by atoms with Crippen molar-refractivity contribution in [3.63, 3.8) is 0 Å². The lowest BCUT2D eigenvalue weighted by atomic mass is 10.2. The Labute approximate surface area is 193 Å². The molecule has 1 amide bonds. The van der Waals surface area contributed by atoms with Crippen LogP contribution in [0.2, 0.25) is 0 Å². The molecule has 0 saturated carbocycles. The summed E-state index contributed by atoms with van der Waals surface area (Å²) in [6, 6.07) is 20.3. The highest BCUT2D eigenvalue weighted by Crippen LogP contribution is 2.31. The monoisotopic (exact) mass is 470 g/mol. The Kier molecular flexibility index (Phi) is 7.92. The van der Waals surface area contributed by atoms with Crippen molar-refractivity contribution in [3.8, 4) is 17.2 Å². The van der Waals surface area contributed by atoms with E-state index in [1.165, 1.54) is 39.5 Å². The molecular formula is C24H26N2O6S. The molecule has 33 heavy (non-hydrogen) atoms. The van der Waals surface area contributed by atoms with Crippen LogP contribution in [0.4, 0.5) is 5.69 Å². The van der Waals surface area contributed by atoms with Gasteiger partial charge in [-0.25, -0.2) is 8.42 Å². The molecule has 3 aromatic rings. The van der Waals surface area contributed by atoms with E-state index in [2.05, 4.69) is 5.32 Å². The second kappa shape index (κ2) is 10.8. The van der Waals surface area contributed by atoms with Gasteiger partial charge in [-0.05, 0) is 29.8 Å². The van der Waals surface area contributed by atoms with Crippen LogP contribution < -0.4 is 19.5 Å². The number of hydrogen-bond donors (Lipinski definition) is 1. The quantitative estimate of drug-likeness (QED) is 0.487. The van der Waals surface area contributed by atoms with Gasteiger partial charge in [0.05, 0.1) is 38.5 Å². The van der Waals surface area contributed by atoms with Gasteiger partial charge in [0.15, 0.2) is 11.5 Å². The third-order valence-corrected chi connectivity index (χ3v) is 6.68. The number of carbonyl (C=O) groups excluding carboxylic acids is 1. The van der Waals surface area contributed by atoms with Crippen LogP contribution in [-0.2, 0) is 21.4 Å². The summed E-state index contributed by atoms with van der Waals surface area (Å²) in [5.74, 6) is 0.652. The minimum Gasteiger partial charge on any atom is -0.495 e. The molecule has 1 N–H and O–H groups in total. The van der Waals surface area contributed by atoms with Crippen molar-refractivity contribution < 1.29 is 27.4 Å². The van der Waals surface area contributed by atoms with E-state index in [4.69, 9.17) is 14.2 Å². The molecule has 174 valence electrons. The SMILES string of the molecule is COc1ccccc1NC(=O)CN(Cc1ccccc1)S(=O)(=O)c1ccc(OC)c(OC)c1. The van der Waals surface area contributed by atoms with Gasteiger partial charge in [0, 0.05) is 12.6 Å². The number of nitrogens with one attached hydrogen (secondary N) is 1. The maximum atomic E-state index is 13.5. The predicted octanol–water partition coefficient (Wildman–Crippen LogP) is 3.54. The lowest BCUT2D eigenvalue weighted by molar-refractivity contribution is -0.116. The molecule has 0 aliphatic carbocycles. The molecule has 0 unspecified atom stereocenters. The van der Waals surface area contributed by atoms with E-state index in [1.807, 2.05) is 18.2 Å². The molecule has 3 aromatic carbocycles. The summed E-state index contributed by atoms with van der Waals surface area (Å²) in [5.41, 5.74) is 1.19. The van der Waals surface area contributed by atoms with Crippen LogP contribution in [0.25, 0.3) is 0 Å². The molecule has 0 saturated heterocycles. The molecule has 0 bridgehead atoms. The van der Waals surface area contributed by atoms with Crippen LogP contribution in [0.3, 0.4) is 0 Å². The molecule has 0 aromatic heterocycles. The van der Waals surface area contributed by atoms with E-state index in [9.17, 15) is 13.2 Å². The fourth-order valence-electron chi connectivity index (χ4n) is 3.24. The number of para-hydroxylation sites is 2. The van der Waals surface area contributed by atoms with Crippen molar-refractivity contribution >= 4 is 21.6 Å². The minimum absolute atomic E-state index is 0.0108. The number of hydrogen-bond acceptors (Lipinski definition) is 6. The number of anilines is 1. The first-order chi connectivity index (χ1) is 15.9. The van der Waals surface area contributed by atoms with Crippen LogP contribution >= 0.6 is 0 Å². The number of amides is 1. The number of methoxy groups -OCH3 is 3. The van der Waals surface area contributed by atoms with E-state index in [0.29, 0.717) is 17.2 Å². The van der Waals surface area contributed by atoms with E-state index in [-0.39, 0.29) is 17.2 Å². The first-order valence-corrected chi connectivity index (χ1v) is 11.5. The summed E-state index contributed by atoms with van der Waals surface area (Å²) in [7, 11) is 0.336. The van der Waals surface area contributed by atoms with Crippen LogP contribution in [0, 0.1) is 0 Å².